The minimum absolute atomic E-state index is 0.156. The first-order valence-electron chi connectivity index (χ1n) is 10.6. The SMILES string of the molecule is CCC[35S](=O)(=O)N1CCC(c2ccccc2)([C@H](C)NC(=O)c2c(N)cccc2Cl)CC1. The number of amides is 1. The Bertz CT molecular complexity index is 999. The lowest BCUT2D eigenvalue weighted by atomic mass is 9.68. The molecule has 1 aliphatic heterocycles. The molecule has 1 saturated heterocycles. The van der Waals surface area contributed by atoms with Gasteiger partial charge in [-0.05, 0) is 43.9 Å². The van der Waals surface area contributed by atoms with Gasteiger partial charge in [-0.3, -0.25) is 4.79 Å². The number of rotatable bonds is 7. The average molecular weight is 467 g/mol. The summed E-state index contributed by atoms with van der Waals surface area (Å²) in [5.74, 6) is -0.171. The molecule has 168 valence electrons. The number of hydrogen-bond donors (Lipinski definition) is 2. The number of sulfonamides is 1. The highest BCUT2D eigenvalue weighted by molar-refractivity contribution is 7.89. The van der Waals surface area contributed by atoms with Crippen LogP contribution in [0.3, 0.4) is 0 Å². The van der Waals surface area contributed by atoms with E-state index in [-0.39, 0.29) is 23.3 Å². The maximum absolute atomic E-state index is 13.0. The number of benzene rings is 2. The van der Waals surface area contributed by atoms with Crippen LogP contribution in [0.25, 0.3) is 0 Å². The van der Waals surface area contributed by atoms with Gasteiger partial charge >= 0.3 is 0 Å². The number of hydrogen-bond acceptors (Lipinski definition) is 4. The van der Waals surface area contributed by atoms with Crippen LogP contribution in [0.5, 0.6) is 0 Å². The van der Waals surface area contributed by atoms with Gasteiger partial charge in [0.15, 0.2) is 0 Å². The van der Waals surface area contributed by atoms with Gasteiger partial charge in [-0.1, -0.05) is 54.9 Å². The van der Waals surface area contributed by atoms with Crippen molar-refractivity contribution in [2.24, 2.45) is 0 Å². The Balaban J connectivity index is 1.88. The first kappa shape index (κ1) is 23.6. The number of carbonyl (C=O) groups is 1. The number of nitrogens with two attached hydrogens (primary N) is 1. The molecule has 0 aromatic heterocycles. The van der Waals surface area contributed by atoms with Gasteiger partial charge in [0.1, 0.15) is 0 Å². The maximum Gasteiger partial charge on any atom is 0.255 e. The first-order valence-corrected chi connectivity index (χ1v) is 12.6. The normalized spacial score (nSPS) is 17.8. The maximum atomic E-state index is 13.0. The molecule has 1 heterocycles. The second kappa shape index (κ2) is 9.59. The molecule has 3 N–H and O–H groups in total. The van der Waals surface area contributed by atoms with E-state index in [9.17, 15) is 13.2 Å². The molecule has 8 heteroatoms. The monoisotopic (exact) mass is 466 g/mol. The molecule has 1 aliphatic rings. The lowest BCUT2D eigenvalue weighted by Gasteiger charge is -2.45. The van der Waals surface area contributed by atoms with Gasteiger partial charge in [-0.2, -0.15) is 0 Å². The van der Waals surface area contributed by atoms with E-state index < -0.39 is 15.4 Å². The van der Waals surface area contributed by atoms with E-state index >= 15 is 0 Å². The van der Waals surface area contributed by atoms with Crippen molar-refractivity contribution in [3.8, 4) is 0 Å². The summed E-state index contributed by atoms with van der Waals surface area (Å²) in [5, 5.41) is 3.40. The third-order valence-corrected chi connectivity index (χ3v) is 8.66. The molecular weight excluding hydrogens is 437 g/mol. The molecule has 3 rings (SSSR count). The van der Waals surface area contributed by atoms with Crippen molar-refractivity contribution in [2.45, 2.75) is 44.6 Å². The van der Waals surface area contributed by atoms with E-state index in [2.05, 4.69) is 5.32 Å². The van der Waals surface area contributed by atoms with Crippen LogP contribution in [0.2, 0.25) is 5.02 Å². The Morgan fingerprint density at radius 2 is 1.81 bits per heavy atom. The Kier molecular flexibility index (Phi) is 7.29. The molecule has 2 aromatic carbocycles. The zero-order valence-corrected chi connectivity index (χ0v) is 19.5. The lowest BCUT2D eigenvalue weighted by molar-refractivity contribution is 0.0896. The van der Waals surface area contributed by atoms with Crippen LogP contribution in [0, 0.1) is 0 Å². The first-order chi connectivity index (χ1) is 14.7. The van der Waals surface area contributed by atoms with Gasteiger partial charge in [-0.25, -0.2) is 12.7 Å². The van der Waals surface area contributed by atoms with E-state index in [0.717, 1.165) is 5.56 Å². The van der Waals surface area contributed by atoms with Crippen LogP contribution < -0.4 is 11.1 Å². The second-order valence-electron chi connectivity index (χ2n) is 8.14. The number of nitrogens with zero attached hydrogens (tertiary/aromatic N) is 1. The number of halogens is 1. The van der Waals surface area contributed by atoms with Crippen molar-refractivity contribution in [3.63, 3.8) is 0 Å². The van der Waals surface area contributed by atoms with Crippen LogP contribution in [0.1, 0.15) is 49.0 Å². The largest absolute Gasteiger partial charge is 0.398 e. The highest BCUT2D eigenvalue weighted by Crippen LogP contribution is 2.39. The van der Waals surface area contributed by atoms with E-state index in [4.69, 9.17) is 17.3 Å². The molecule has 6 nitrogen and oxygen atoms in total. The van der Waals surface area contributed by atoms with Crippen molar-refractivity contribution < 1.29 is 13.2 Å². The van der Waals surface area contributed by atoms with Gasteiger partial charge in [0, 0.05) is 30.2 Å². The predicted octanol–water partition coefficient (Wildman–Crippen LogP) is 3.81. The summed E-state index contributed by atoms with van der Waals surface area (Å²) in [6, 6.07) is 14.7. The fourth-order valence-corrected chi connectivity index (χ4v) is 6.26. The van der Waals surface area contributed by atoms with E-state index in [1.165, 1.54) is 0 Å². The Morgan fingerprint density at radius 3 is 2.39 bits per heavy atom. The Labute approximate surface area is 189 Å². The second-order valence-corrected chi connectivity index (χ2v) is 10.6. The van der Waals surface area contributed by atoms with E-state index in [0.29, 0.717) is 43.1 Å². The smallest absolute Gasteiger partial charge is 0.255 e. The Hall–Kier alpha value is -2.09. The van der Waals surface area contributed by atoms with Crippen molar-refractivity contribution in [3.05, 3.63) is 64.7 Å². The fraction of sp³-hybridized carbons (Fsp3) is 0.435. The number of anilines is 1. The van der Waals surface area contributed by atoms with Gasteiger partial charge < -0.3 is 11.1 Å². The number of carbonyl (C=O) groups excluding carboxylic acids is 1. The van der Waals surface area contributed by atoms with Gasteiger partial charge in [0.05, 0.1) is 16.3 Å². The molecular formula is C23H30ClN3O3S. The molecule has 1 fully saturated rings. The molecule has 0 spiro atoms. The van der Waals surface area contributed by atoms with E-state index in [1.807, 2.05) is 44.2 Å². The highest BCUT2D eigenvalue weighted by atomic mass is 35.5. The number of piperidine rings is 1. The number of nitrogen functional groups attached to an aromatic ring is 1. The summed E-state index contributed by atoms with van der Waals surface area (Å²) in [6.45, 7) is 4.68. The molecule has 2 aromatic rings. The quantitative estimate of drug-likeness (QED) is 0.607. The van der Waals surface area contributed by atoms with Gasteiger partial charge in [-0.15, -0.1) is 0 Å². The summed E-state index contributed by atoms with van der Waals surface area (Å²) in [5.41, 5.74) is 7.28. The fourth-order valence-electron chi connectivity index (χ4n) is 4.48. The Morgan fingerprint density at radius 1 is 1.16 bits per heavy atom. The van der Waals surface area contributed by atoms with Gasteiger partial charge in [0.25, 0.3) is 5.91 Å². The van der Waals surface area contributed by atoms with Crippen molar-refractivity contribution in [1.29, 1.82) is 0 Å². The van der Waals surface area contributed by atoms with Crippen molar-refractivity contribution in [2.75, 3.05) is 24.6 Å². The highest BCUT2D eigenvalue weighted by Gasteiger charge is 2.43. The molecule has 0 radical (unpaired) electrons. The van der Waals surface area contributed by atoms with Gasteiger partial charge in [0.2, 0.25) is 10.0 Å². The summed E-state index contributed by atoms with van der Waals surface area (Å²) >= 11 is 6.23. The predicted molar refractivity (Wildman–Crippen MR) is 126 cm³/mol. The molecule has 0 aliphatic carbocycles. The zero-order chi connectivity index (χ0) is 22.6. The van der Waals surface area contributed by atoms with Crippen molar-refractivity contribution >= 4 is 33.2 Å². The van der Waals surface area contributed by atoms with Crippen LogP contribution in [-0.4, -0.2) is 43.5 Å². The molecule has 0 unspecified atom stereocenters. The van der Waals surface area contributed by atoms with Crippen LogP contribution in [0.15, 0.2) is 48.5 Å². The summed E-state index contributed by atoms with van der Waals surface area (Å²) in [6.07, 6.45) is 1.81. The molecule has 0 bridgehead atoms. The average Bonchev–Trinajstić information content (AvgIpc) is 2.74. The minimum atomic E-state index is -3.26. The van der Waals surface area contributed by atoms with E-state index in [1.54, 1.807) is 22.5 Å². The summed E-state index contributed by atoms with van der Waals surface area (Å²) < 4.78 is 26.7. The third kappa shape index (κ3) is 4.89. The van der Waals surface area contributed by atoms with Crippen LogP contribution in [-0.2, 0) is 15.4 Å². The molecule has 31 heavy (non-hydrogen) atoms. The minimum Gasteiger partial charge on any atom is -0.398 e. The van der Waals surface area contributed by atoms with Crippen molar-refractivity contribution in [1.82, 2.24) is 9.62 Å². The molecule has 1 amide bonds. The standard InChI is InChI=1S/C23H30ClN3O3S/c1-3-16-31(29,30)27-14-12-23(13-15-27,18-8-5-4-6-9-18)17(2)26-22(28)21-19(24)10-7-11-20(21)25/h4-11,17H,3,12-16,25H2,1-2H3,(H,26,28)/t17-/m0/s1/i31+3. The number of nitrogens with one attached hydrogen (secondary N) is 1. The molecule has 0 saturated carbocycles. The van der Waals surface area contributed by atoms with Crippen LogP contribution >= 0.6 is 11.6 Å². The lowest BCUT2D eigenvalue weighted by Crippen LogP contribution is -2.55. The molecule has 1 atom stereocenters. The summed E-state index contributed by atoms with van der Waals surface area (Å²) in [4.78, 5) is 13.0. The third-order valence-electron chi connectivity index (χ3n) is 6.27. The topological polar surface area (TPSA) is 92.5 Å². The van der Waals surface area contributed by atoms with Crippen LogP contribution in [0.4, 0.5) is 5.69 Å². The zero-order valence-electron chi connectivity index (χ0n) is 18.0. The summed E-state index contributed by atoms with van der Waals surface area (Å²) in [7, 11) is -3.26.